The number of anilines is 2. The van der Waals surface area contributed by atoms with E-state index in [1.54, 1.807) is 4.68 Å². The summed E-state index contributed by atoms with van der Waals surface area (Å²) in [6, 6.07) is 1.89. The van der Waals surface area contributed by atoms with Crippen molar-refractivity contribution >= 4 is 11.6 Å². The summed E-state index contributed by atoms with van der Waals surface area (Å²) in [4.78, 5) is 2.23. The molecule has 5 nitrogen and oxygen atoms in total. The van der Waals surface area contributed by atoms with Crippen molar-refractivity contribution in [2.45, 2.75) is 0 Å². The van der Waals surface area contributed by atoms with E-state index in [2.05, 4.69) is 10.00 Å². The van der Waals surface area contributed by atoms with Crippen LogP contribution in [0.2, 0.25) is 0 Å². The normalized spacial score (nSPS) is 17.8. The van der Waals surface area contributed by atoms with Crippen LogP contribution >= 0.6 is 0 Å². The number of hydrogen-bond donors (Lipinski definition) is 1. The Bertz CT molecular complexity index is 290. The summed E-state index contributed by atoms with van der Waals surface area (Å²) in [6.45, 7) is 3.40. The maximum Gasteiger partial charge on any atom is 0.147 e. The lowest BCUT2D eigenvalue weighted by Crippen LogP contribution is -2.37. The Kier molecular flexibility index (Phi) is 2.10. The van der Waals surface area contributed by atoms with Gasteiger partial charge in [-0.05, 0) is 0 Å². The van der Waals surface area contributed by atoms with Crippen molar-refractivity contribution in [2.75, 3.05) is 36.9 Å². The summed E-state index contributed by atoms with van der Waals surface area (Å²) >= 11 is 0. The molecule has 0 amide bonds. The van der Waals surface area contributed by atoms with E-state index in [0.717, 1.165) is 32.1 Å². The zero-order valence-electron chi connectivity index (χ0n) is 7.73. The number of ether oxygens (including phenoxy) is 1. The van der Waals surface area contributed by atoms with Gasteiger partial charge in [-0.25, -0.2) is 0 Å². The molecule has 1 fully saturated rings. The number of aryl methyl sites for hydroxylation is 1. The Morgan fingerprint density at radius 3 is 2.69 bits per heavy atom. The smallest absolute Gasteiger partial charge is 0.147 e. The third-order valence-electron chi connectivity index (χ3n) is 2.21. The van der Waals surface area contributed by atoms with Crippen molar-refractivity contribution in [3.63, 3.8) is 0 Å². The first-order valence-corrected chi connectivity index (χ1v) is 4.39. The second-order valence-electron chi connectivity index (χ2n) is 3.15. The van der Waals surface area contributed by atoms with E-state index in [0.29, 0.717) is 5.82 Å². The van der Waals surface area contributed by atoms with Gasteiger partial charge in [0.15, 0.2) is 0 Å². The van der Waals surface area contributed by atoms with Gasteiger partial charge >= 0.3 is 0 Å². The van der Waals surface area contributed by atoms with Crippen LogP contribution in [0.4, 0.5) is 11.6 Å². The molecule has 0 spiro atoms. The van der Waals surface area contributed by atoms with Gasteiger partial charge in [0.1, 0.15) is 11.6 Å². The maximum atomic E-state index is 5.60. The number of nitrogens with zero attached hydrogens (tertiary/aromatic N) is 3. The second-order valence-corrected chi connectivity index (χ2v) is 3.15. The quantitative estimate of drug-likeness (QED) is 0.655. The molecule has 0 aliphatic carbocycles. The third kappa shape index (κ3) is 1.60. The van der Waals surface area contributed by atoms with E-state index >= 15 is 0 Å². The number of hydrogen-bond acceptors (Lipinski definition) is 4. The highest BCUT2D eigenvalue weighted by molar-refractivity contribution is 5.48. The summed E-state index contributed by atoms with van der Waals surface area (Å²) in [5, 5.41) is 4.10. The molecule has 72 valence electrons. The van der Waals surface area contributed by atoms with E-state index in [-0.39, 0.29) is 0 Å². The van der Waals surface area contributed by atoms with Crippen LogP contribution in [-0.2, 0) is 11.8 Å². The first-order valence-electron chi connectivity index (χ1n) is 4.39. The fourth-order valence-corrected chi connectivity index (χ4v) is 1.57. The molecule has 0 saturated carbocycles. The lowest BCUT2D eigenvalue weighted by Gasteiger charge is -2.28. The molecule has 1 aromatic rings. The second kappa shape index (κ2) is 3.26. The molecule has 0 bridgehead atoms. The number of morpholine rings is 1. The van der Waals surface area contributed by atoms with Gasteiger partial charge in [0.25, 0.3) is 0 Å². The lowest BCUT2D eigenvalue weighted by atomic mass is 10.4. The van der Waals surface area contributed by atoms with E-state index in [4.69, 9.17) is 10.5 Å². The van der Waals surface area contributed by atoms with Crippen molar-refractivity contribution in [1.29, 1.82) is 0 Å². The predicted molar refractivity (Wildman–Crippen MR) is 50.7 cm³/mol. The molecule has 5 heteroatoms. The van der Waals surface area contributed by atoms with Crippen LogP contribution in [-0.4, -0.2) is 36.1 Å². The molecule has 1 aliphatic rings. The van der Waals surface area contributed by atoms with Gasteiger partial charge in [0.2, 0.25) is 0 Å². The van der Waals surface area contributed by atoms with Gasteiger partial charge in [-0.15, -0.1) is 0 Å². The Hall–Kier alpha value is -1.23. The number of rotatable bonds is 1. The highest BCUT2D eigenvalue weighted by atomic mass is 16.5. The van der Waals surface area contributed by atoms with Gasteiger partial charge in [-0.1, -0.05) is 0 Å². The Labute approximate surface area is 77.1 Å². The summed E-state index contributed by atoms with van der Waals surface area (Å²) in [5.74, 6) is 1.64. The molecule has 1 aliphatic heterocycles. The molecular weight excluding hydrogens is 168 g/mol. The van der Waals surface area contributed by atoms with Gasteiger partial charge in [-0.3, -0.25) is 4.68 Å². The predicted octanol–water partition coefficient (Wildman–Crippen LogP) is -0.161. The number of nitrogens with two attached hydrogens (primary N) is 1. The van der Waals surface area contributed by atoms with Crippen molar-refractivity contribution < 1.29 is 4.74 Å². The van der Waals surface area contributed by atoms with Gasteiger partial charge in [0, 0.05) is 26.2 Å². The van der Waals surface area contributed by atoms with Gasteiger partial charge in [0.05, 0.1) is 13.2 Å². The van der Waals surface area contributed by atoms with Crippen molar-refractivity contribution in [3.8, 4) is 0 Å². The largest absolute Gasteiger partial charge is 0.382 e. The summed E-state index contributed by atoms with van der Waals surface area (Å²) in [6.07, 6.45) is 0. The van der Waals surface area contributed by atoms with Crippen LogP contribution in [0.1, 0.15) is 0 Å². The Morgan fingerprint density at radius 2 is 2.15 bits per heavy atom. The topological polar surface area (TPSA) is 56.3 Å². The summed E-state index contributed by atoms with van der Waals surface area (Å²) in [5.41, 5.74) is 5.60. The van der Waals surface area contributed by atoms with Crippen LogP contribution < -0.4 is 10.6 Å². The molecular formula is C8H14N4O. The summed E-state index contributed by atoms with van der Waals surface area (Å²) < 4.78 is 7.07. The minimum atomic E-state index is 0.573. The Morgan fingerprint density at radius 1 is 1.46 bits per heavy atom. The molecule has 2 N–H and O–H groups in total. The fourth-order valence-electron chi connectivity index (χ4n) is 1.57. The highest BCUT2D eigenvalue weighted by Crippen LogP contribution is 2.17. The van der Waals surface area contributed by atoms with Crippen LogP contribution in [0.25, 0.3) is 0 Å². The SMILES string of the molecule is Cn1nc(N)cc1N1CCOCC1. The van der Waals surface area contributed by atoms with E-state index in [1.807, 2.05) is 13.1 Å². The lowest BCUT2D eigenvalue weighted by molar-refractivity contribution is 0.122. The monoisotopic (exact) mass is 182 g/mol. The Balaban J connectivity index is 2.18. The number of aromatic nitrogens is 2. The van der Waals surface area contributed by atoms with E-state index in [9.17, 15) is 0 Å². The molecule has 0 unspecified atom stereocenters. The van der Waals surface area contributed by atoms with Crippen molar-refractivity contribution in [2.24, 2.45) is 7.05 Å². The minimum absolute atomic E-state index is 0.573. The molecule has 2 rings (SSSR count). The molecule has 2 heterocycles. The van der Waals surface area contributed by atoms with Crippen LogP contribution in [0.3, 0.4) is 0 Å². The maximum absolute atomic E-state index is 5.60. The molecule has 0 atom stereocenters. The van der Waals surface area contributed by atoms with Crippen LogP contribution in [0.5, 0.6) is 0 Å². The molecule has 1 saturated heterocycles. The van der Waals surface area contributed by atoms with Gasteiger partial charge in [-0.2, -0.15) is 5.10 Å². The average molecular weight is 182 g/mol. The zero-order valence-corrected chi connectivity index (χ0v) is 7.73. The summed E-state index contributed by atoms with van der Waals surface area (Å²) in [7, 11) is 1.90. The van der Waals surface area contributed by atoms with Crippen LogP contribution in [0, 0.1) is 0 Å². The fraction of sp³-hybridized carbons (Fsp3) is 0.625. The third-order valence-corrected chi connectivity index (χ3v) is 2.21. The molecule has 0 aromatic carbocycles. The van der Waals surface area contributed by atoms with Gasteiger partial charge < -0.3 is 15.4 Å². The molecule has 1 aromatic heterocycles. The van der Waals surface area contributed by atoms with Crippen molar-refractivity contribution in [1.82, 2.24) is 9.78 Å². The molecule has 13 heavy (non-hydrogen) atoms. The molecule has 0 radical (unpaired) electrons. The van der Waals surface area contributed by atoms with Crippen molar-refractivity contribution in [3.05, 3.63) is 6.07 Å². The minimum Gasteiger partial charge on any atom is -0.382 e. The highest BCUT2D eigenvalue weighted by Gasteiger charge is 2.14. The first-order chi connectivity index (χ1) is 6.27. The van der Waals surface area contributed by atoms with Crippen LogP contribution in [0.15, 0.2) is 6.07 Å². The first kappa shape index (κ1) is 8.37. The average Bonchev–Trinajstić information content (AvgIpc) is 2.47. The standard InChI is InChI=1S/C8H14N4O/c1-11-8(6-7(9)10-11)12-2-4-13-5-3-12/h6H,2-5H2,1H3,(H2,9,10). The zero-order chi connectivity index (χ0) is 9.26. The number of nitrogen functional groups attached to an aromatic ring is 1. The van der Waals surface area contributed by atoms with E-state index < -0.39 is 0 Å². The van der Waals surface area contributed by atoms with E-state index in [1.165, 1.54) is 0 Å².